The minimum absolute atomic E-state index is 0.386. The van der Waals surface area contributed by atoms with Gasteiger partial charge in [0.1, 0.15) is 5.82 Å². The highest BCUT2D eigenvalue weighted by Gasteiger charge is 2.44. The Bertz CT molecular complexity index is 439. The van der Waals surface area contributed by atoms with E-state index in [1.54, 1.807) is 6.07 Å². The van der Waals surface area contributed by atoms with E-state index in [1.807, 2.05) is 0 Å². The first-order chi connectivity index (χ1) is 8.07. The minimum Gasteiger partial charge on any atom is -0.385 e. The SMILES string of the molecule is Nc1ncc(Cl)cc1C1(O)CC2CCC(C1)N2. The van der Waals surface area contributed by atoms with Crippen LogP contribution in [0.4, 0.5) is 5.82 Å². The summed E-state index contributed by atoms with van der Waals surface area (Å²) in [7, 11) is 0. The number of nitrogens with zero attached hydrogens (tertiary/aromatic N) is 1. The van der Waals surface area contributed by atoms with Crippen LogP contribution in [0.15, 0.2) is 12.3 Å². The Hall–Kier alpha value is -0.840. The average molecular weight is 254 g/mol. The zero-order valence-corrected chi connectivity index (χ0v) is 10.2. The summed E-state index contributed by atoms with van der Waals surface area (Å²) in [4.78, 5) is 4.03. The van der Waals surface area contributed by atoms with Crippen LogP contribution in [0.1, 0.15) is 31.2 Å². The fourth-order valence-electron chi connectivity index (χ4n) is 3.17. The Kier molecular flexibility index (Phi) is 2.54. The number of aliphatic hydroxyl groups is 1. The lowest BCUT2D eigenvalue weighted by atomic mass is 9.82. The number of nitrogens with two attached hydrogens (primary N) is 1. The van der Waals surface area contributed by atoms with E-state index in [0.29, 0.717) is 41.3 Å². The second kappa shape index (κ2) is 3.83. The van der Waals surface area contributed by atoms with Gasteiger partial charge in [0.25, 0.3) is 0 Å². The Morgan fingerprint density at radius 1 is 1.41 bits per heavy atom. The summed E-state index contributed by atoms with van der Waals surface area (Å²) in [5.41, 5.74) is 5.67. The van der Waals surface area contributed by atoms with E-state index < -0.39 is 5.60 Å². The van der Waals surface area contributed by atoms with Crippen molar-refractivity contribution in [2.45, 2.75) is 43.4 Å². The van der Waals surface area contributed by atoms with E-state index in [1.165, 1.54) is 6.20 Å². The van der Waals surface area contributed by atoms with Gasteiger partial charge in [0.2, 0.25) is 0 Å². The smallest absolute Gasteiger partial charge is 0.129 e. The number of halogens is 1. The molecule has 2 unspecified atom stereocenters. The molecule has 4 nitrogen and oxygen atoms in total. The van der Waals surface area contributed by atoms with Gasteiger partial charge in [-0.05, 0) is 31.7 Å². The average Bonchev–Trinajstić information content (AvgIpc) is 2.62. The standard InChI is InChI=1S/C12H16ClN3O/c13-7-3-10(11(14)15-6-7)12(17)4-8-1-2-9(5-12)16-8/h3,6,8-9,16-17H,1-2,4-5H2,(H2,14,15). The Morgan fingerprint density at radius 3 is 2.71 bits per heavy atom. The molecule has 5 heteroatoms. The van der Waals surface area contributed by atoms with Gasteiger partial charge < -0.3 is 16.2 Å². The molecule has 3 heterocycles. The predicted octanol–water partition coefficient (Wildman–Crippen LogP) is 1.42. The van der Waals surface area contributed by atoms with Gasteiger partial charge in [0.05, 0.1) is 10.6 Å². The molecule has 3 rings (SSSR count). The third kappa shape index (κ3) is 1.90. The number of piperidine rings is 1. The third-order valence-corrected chi connectivity index (χ3v) is 4.10. The van der Waals surface area contributed by atoms with E-state index in [0.717, 1.165) is 12.8 Å². The summed E-state index contributed by atoms with van der Waals surface area (Å²) in [6.07, 6.45) is 5.15. The molecule has 1 aromatic rings. The zero-order valence-electron chi connectivity index (χ0n) is 9.49. The molecule has 1 aromatic heterocycles. The van der Waals surface area contributed by atoms with E-state index >= 15 is 0 Å². The van der Waals surface area contributed by atoms with E-state index in [2.05, 4.69) is 10.3 Å². The molecular weight excluding hydrogens is 238 g/mol. The zero-order chi connectivity index (χ0) is 12.0. The van der Waals surface area contributed by atoms with E-state index in [4.69, 9.17) is 17.3 Å². The second-order valence-corrected chi connectivity index (χ2v) is 5.60. The van der Waals surface area contributed by atoms with Crippen molar-refractivity contribution >= 4 is 17.4 Å². The lowest BCUT2D eigenvalue weighted by Gasteiger charge is -2.37. The van der Waals surface area contributed by atoms with Crippen molar-refractivity contribution in [1.29, 1.82) is 0 Å². The molecule has 2 atom stereocenters. The molecule has 0 radical (unpaired) electrons. The number of rotatable bonds is 1. The normalized spacial score (nSPS) is 36.1. The molecule has 4 N–H and O–H groups in total. The quantitative estimate of drug-likeness (QED) is 0.708. The third-order valence-electron chi connectivity index (χ3n) is 3.89. The molecular formula is C12H16ClN3O. The maximum Gasteiger partial charge on any atom is 0.129 e. The molecule has 2 bridgehead atoms. The summed E-state index contributed by atoms with van der Waals surface area (Å²) in [5, 5.41) is 14.8. The van der Waals surface area contributed by atoms with Crippen LogP contribution in [-0.4, -0.2) is 22.2 Å². The highest BCUT2D eigenvalue weighted by atomic mass is 35.5. The molecule has 0 spiro atoms. The van der Waals surface area contributed by atoms with Gasteiger partial charge in [0.15, 0.2) is 0 Å². The Balaban J connectivity index is 1.99. The van der Waals surface area contributed by atoms with Crippen LogP contribution in [0.3, 0.4) is 0 Å². The van der Waals surface area contributed by atoms with Crippen LogP contribution in [0.5, 0.6) is 0 Å². The van der Waals surface area contributed by atoms with Gasteiger partial charge in [-0.1, -0.05) is 11.6 Å². The highest BCUT2D eigenvalue weighted by Crippen LogP contribution is 2.42. The number of nitrogens with one attached hydrogen (secondary N) is 1. The molecule has 92 valence electrons. The molecule has 2 aliphatic rings. The Labute approximate surface area is 105 Å². The van der Waals surface area contributed by atoms with Crippen LogP contribution in [0, 0.1) is 0 Å². The van der Waals surface area contributed by atoms with Crippen molar-refractivity contribution < 1.29 is 5.11 Å². The molecule has 2 saturated heterocycles. The van der Waals surface area contributed by atoms with Gasteiger partial charge in [-0.15, -0.1) is 0 Å². The summed E-state index contributed by atoms with van der Waals surface area (Å²) < 4.78 is 0. The maximum atomic E-state index is 10.8. The number of anilines is 1. The van der Waals surface area contributed by atoms with E-state index in [-0.39, 0.29) is 0 Å². The summed E-state index contributed by atoms with van der Waals surface area (Å²) in [6, 6.07) is 2.52. The number of nitrogen functional groups attached to an aromatic ring is 1. The van der Waals surface area contributed by atoms with Crippen molar-refractivity contribution in [3.8, 4) is 0 Å². The number of hydrogen-bond acceptors (Lipinski definition) is 4. The van der Waals surface area contributed by atoms with Crippen LogP contribution in [-0.2, 0) is 5.60 Å². The van der Waals surface area contributed by atoms with Gasteiger partial charge in [-0.25, -0.2) is 4.98 Å². The molecule has 0 aliphatic carbocycles. The molecule has 2 aliphatic heterocycles. The second-order valence-electron chi connectivity index (χ2n) is 5.16. The lowest BCUT2D eigenvalue weighted by molar-refractivity contribution is -0.0110. The number of pyridine rings is 1. The topological polar surface area (TPSA) is 71.2 Å². The lowest BCUT2D eigenvalue weighted by Crippen LogP contribution is -2.47. The number of fused-ring (bicyclic) bond motifs is 2. The van der Waals surface area contributed by atoms with Crippen molar-refractivity contribution in [2.75, 3.05) is 5.73 Å². The summed E-state index contributed by atoms with van der Waals surface area (Å²) in [5.74, 6) is 0.387. The van der Waals surface area contributed by atoms with Crippen LogP contribution < -0.4 is 11.1 Å². The molecule has 0 amide bonds. The van der Waals surface area contributed by atoms with Crippen LogP contribution in [0.25, 0.3) is 0 Å². The molecule has 0 aromatic carbocycles. The van der Waals surface area contributed by atoms with Gasteiger partial charge >= 0.3 is 0 Å². The Morgan fingerprint density at radius 2 is 2.06 bits per heavy atom. The van der Waals surface area contributed by atoms with Crippen LogP contribution in [0.2, 0.25) is 5.02 Å². The van der Waals surface area contributed by atoms with Crippen molar-refractivity contribution in [1.82, 2.24) is 10.3 Å². The van der Waals surface area contributed by atoms with Gasteiger partial charge in [-0.3, -0.25) is 0 Å². The number of hydrogen-bond donors (Lipinski definition) is 3. The predicted molar refractivity (Wildman–Crippen MR) is 66.7 cm³/mol. The number of aromatic nitrogens is 1. The maximum absolute atomic E-state index is 10.8. The van der Waals surface area contributed by atoms with Gasteiger partial charge in [-0.2, -0.15) is 0 Å². The highest BCUT2D eigenvalue weighted by molar-refractivity contribution is 6.30. The first kappa shape index (κ1) is 11.3. The largest absolute Gasteiger partial charge is 0.385 e. The fourth-order valence-corrected chi connectivity index (χ4v) is 3.32. The molecule has 0 saturated carbocycles. The van der Waals surface area contributed by atoms with Crippen molar-refractivity contribution in [3.05, 3.63) is 22.8 Å². The molecule has 17 heavy (non-hydrogen) atoms. The molecule has 2 fully saturated rings. The van der Waals surface area contributed by atoms with Crippen molar-refractivity contribution in [3.63, 3.8) is 0 Å². The first-order valence-electron chi connectivity index (χ1n) is 5.97. The van der Waals surface area contributed by atoms with Crippen LogP contribution >= 0.6 is 11.6 Å². The first-order valence-corrected chi connectivity index (χ1v) is 6.34. The van der Waals surface area contributed by atoms with Crippen molar-refractivity contribution in [2.24, 2.45) is 0 Å². The monoisotopic (exact) mass is 253 g/mol. The fraction of sp³-hybridized carbons (Fsp3) is 0.583. The van der Waals surface area contributed by atoms with Gasteiger partial charge in [0, 0.05) is 23.8 Å². The summed E-state index contributed by atoms with van der Waals surface area (Å²) in [6.45, 7) is 0. The van der Waals surface area contributed by atoms with E-state index in [9.17, 15) is 5.11 Å². The summed E-state index contributed by atoms with van der Waals surface area (Å²) >= 11 is 5.94. The minimum atomic E-state index is -0.876.